The number of pyridine rings is 1. The lowest BCUT2D eigenvalue weighted by molar-refractivity contribution is 0.00292. The summed E-state index contributed by atoms with van der Waals surface area (Å²) in [6.45, 7) is 4.80. The van der Waals surface area contributed by atoms with Crippen LogP contribution in [0.25, 0.3) is 0 Å². The Hall–Kier alpha value is -1.82. The molecule has 6 nitrogen and oxygen atoms in total. The van der Waals surface area contributed by atoms with E-state index in [2.05, 4.69) is 10.3 Å². The van der Waals surface area contributed by atoms with Crippen molar-refractivity contribution in [2.75, 3.05) is 24.3 Å². The quantitative estimate of drug-likeness (QED) is 0.772. The van der Waals surface area contributed by atoms with E-state index in [1.807, 2.05) is 6.92 Å². The summed E-state index contributed by atoms with van der Waals surface area (Å²) in [5.41, 5.74) is 6.67. The van der Waals surface area contributed by atoms with Crippen LogP contribution in [0.3, 0.4) is 0 Å². The molecule has 0 bridgehead atoms. The molecule has 0 amide bonds. The van der Waals surface area contributed by atoms with Crippen molar-refractivity contribution >= 4 is 17.5 Å². The number of nitrogen functional groups attached to an aromatic ring is 1. The summed E-state index contributed by atoms with van der Waals surface area (Å²) in [7, 11) is 0. The van der Waals surface area contributed by atoms with Crippen molar-refractivity contribution in [3.8, 4) is 0 Å². The Kier molecular flexibility index (Phi) is 4.79. The van der Waals surface area contributed by atoms with Crippen molar-refractivity contribution in [1.82, 2.24) is 4.98 Å². The van der Waals surface area contributed by atoms with Crippen molar-refractivity contribution in [3.05, 3.63) is 17.8 Å². The van der Waals surface area contributed by atoms with Gasteiger partial charge in [0.15, 0.2) is 0 Å². The number of rotatable bonds is 6. The molecule has 0 unspecified atom stereocenters. The third-order valence-electron chi connectivity index (χ3n) is 3.32. The van der Waals surface area contributed by atoms with Gasteiger partial charge in [-0.15, -0.1) is 0 Å². The fraction of sp³-hybridized carbons (Fsp3) is 0.571. The highest BCUT2D eigenvalue weighted by Gasteiger charge is 2.30. The van der Waals surface area contributed by atoms with Crippen LogP contribution >= 0.6 is 0 Å². The molecule has 110 valence electrons. The molecule has 0 atom stereocenters. The Morgan fingerprint density at radius 2 is 2.20 bits per heavy atom. The molecule has 1 aromatic rings. The number of nitrogens with two attached hydrogens (primary N) is 1. The largest absolute Gasteiger partial charge is 0.462 e. The molecule has 1 heterocycles. The third-order valence-corrected chi connectivity index (χ3v) is 3.32. The van der Waals surface area contributed by atoms with E-state index >= 15 is 0 Å². The number of carbonyl (C=O) groups is 1. The molecular formula is C14H21N3O3. The molecule has 1 fully saturated rings. The summed E-state index contributed by atoms with van der Waals surface area (Å²) in [4.78, 5) is 15.9. The molecule has 6 heteroatoms. The fourth-order valence-electron chi connectivity index (χ4n) is 2.22. The van der Waals surface area contributed by atoms with Gasteiger partial charge < -0.3 is 20.5 Å². The maximum atomic E-state index is 11.7. The predicted molar refractivity (Wildman–Crippen MR) is 76.7 cm³/mol. The summed E-state index contributed by atoms with van der Waals surface area (Å²) in [5.74, 6) is 0.117. The molecule has 0 saturated heterocycles. The van der Waals surface area contributed by atoms with Crippen LogP contribution in [0.5, 0.6) is 0 Å². The zero-order chi connectivity index (χ0) is 14.5. The van der Waals surface area contributed by atoms with Crippen molar-refractivity contribution in [2.24, 2.45) is 0 Å². The molecule has 0 aliphatic heterocycles. The van der Waals surface area contributed by atoms with Gasteiger partial charge in [-0.05, 0) is 32.8 Å². The van der Waals surface area contributed by atoms with Gasteiger partial charge in [0.05, 0.1) is 24.0 Å². The van der Waals surface area contributed by atoms with Crippen LogP contribution in [-0.2, 0) is 9.47 Å². The molecule has 3 N–H and O–H groups in total. The summed E-state index contributed by atoms with van der Waals surface area (Å²) >= 11 is 0. The minimum absolute atomic E-state index is 0.291. The molecule has 20 heavy (non-hydrogen) atoms. The van der Waals surface area contributed by atoms with E-state index in [9.17, 15) is 4.79 Å². The number of aromatic nitrogens is 1. The van der Waals surface area contributed by atoms with E-state index in [1.54, 1.807) is 19.2 Å². The SMILES string of the molecule is CCOC(=O)c1ccnc(NC2CC(OCC)C2)c1N. The number of nitrogens with zero attached hydrogens (tertiary/aromatic N) is 1. The highest BCUT2D eigenvalue weighted by atomic mass is 16.5. The zero-order valence-corrected chi connectivity index (χ0v) is 11.9. The van der Waals surface area contributed by atoms with Gasteiger partial charge >= 0.3 is 5.97 Å². The number of ether oxygens (including phenoxy) is 2. The second-order valence-corrected chi connectivity index (χ2v) is 4.73. The maximum Gasteiger partial charge on any atom is 0.340 e. The number of anilines is 2. The smallest absolute Gasteiger partial charge is 0.340 e. The second kappa shape index (κ2) is 6.56. The maximum absolute atomic E-state index is 11.7. The van der Waals surface area contributed by atoms with Crippen molar-refractivity contribution in [2.45, 2.75) is 38.8 Å². The van der Waals surface area contributed by atoms with E-state index in [4.69, 9.17) is 15.2 Å². The molecule has 2 rings (SSSR count). The first-order valence-corrected chi connectivity index (χ1v) is 6.95. The number of carbonyl (C=O) groups excluding carboxylic acids is 1. The first-order chi connectivity index (χ1) is 9.65. The van der Waals surface area contributed by atoms with Gasteiger partial charge in [-0.2, -0.15) is 0 Å². The normalized spacial score (nSPS) is 21.1. The topological polar surface area (TPSA) is 86.5 Å². The molecule has 0 aromatic carbocycles. The number of hydrogen-bond donors (Lipinski definition) is 2. The lowest BCUT2D eigenvalue weighted by atomic mass is 9.89. The Bertz CT molecular complexity index is 473. The van der Waals surface area contributed by atoms with E-state index in [-0.39, 0.29) is 0 Å². The minimum Gasteiger partial charge on any atom is -0.462 e. The Morgan fingerprint density at radius 3 is 2.85 bits per heavy atom. The van der Waals surface area contributed by atoms with E-state index < -0.39 is 5.97 Å². The Balaban J connectivity index is 1.99. The highest BCUT2D eigenvalue weighted by molar-refractivity contribution is 5.97. The number of nitrogens with one attached hydrogen (secondary N) is 1. The van der Waals surface area contributed by atoms with Crippen molar-refractivity contribution in [1.29, 1.82) is 0 Å². The van der Waals surface area contributed by atoms with Gasteiger partial charge in [0.1, 0.15) is 5.82 Å². The first kappa shape index (κ1) is 14.6. The lowest BCUT2D eigenvalue weighted by Gasteiger charge is -2.35. The molecule has 1 aliphatic carbocycles. The van der Waals surface area contributed by atoms with Gasteiger partial charge in [0.2, 0.25) is 0 Å². The van der Waals surface area contributed by atoms with E-state index in [0.717, 1.165) is 19.4 Å². The lowest BCUT2D eigenvalue weighted by Crippen LogP contribution is -2.41. The molecule has 0 radical (unpaired) electrons. The van der Waals surface area contributed by atoms with Crippen LogP contribution in [0.15, 0.2) is 12.3 Å². The van der Waals surface area contributed by atoms with Gasteiger partial charge in [0, 0.05) is 18.8 Å². The Labute approximate surface area is 118 Å². The van der Waals surface area contributed by atoms with Gasteiger partial charge in [-0.3, -0.25) is 0 Å². The number of esters is 1. The number of hydrogen-bond acceptors (Lipinski definition) is 6. The van der Waals surface area contributed by atoms with Gasteiger partial charge in [0.25, 0.3) is 0 Å². The predicted octanol–water partition coefficient (Wildman–Crippen LogP) is 1.82. The monoisotopic (exact) mass is 279 g/mol. The van der Waals surface area contributed by atoms with Crippen LogP contribution < -0.4 is 11.1 Å². The van der Waals surface area contributed by atoms with Gasteiger partial charge in [-0.1, -0.05) is 0 Å². The summed E-state index contributed by atoms with van der Waals surface area (Å²) in [6.07, 6.45) is 3.73. The highest BCUT2D eigenvalue weighted by Crippen LogP contribution is 2.29. The molecule has 1 aliphatic rings. The summed E-state index contributed by atoms with van der Waals surface area (Å²) in [5, 5.41) is 3.25. The van der Waals surface area contributed by atoms with Crippen LogP contribution in [0.1, 0.15) is 37.0 Å². The molecule has 1 saturated carbocycles. The average Bonchev–Trinajstić information content (AvgIpc) is 2.38. The average molecular weight is 279 g/mol. The van der Waals surface area contributed by atoms with Gasteiger partial charge in [-0.25, -0.2) is 9.78 Å². The standard InChI is InChI=1S/C14H21N3O3/c1-3-19-10-7-9(8-10)17-13-12(15)11(5-6-16-13)14(18)20-4-2/h5-6,9-10H,3-4,7-8,15H2,1-2H3,(H,16,17). The molecule has 0 spiro atoms. The summed E-state index contributed by atoms with van der Waals surface area (Å²) in [6, 6.07) is 1.86. The minimum atomic E-state index is -0.420. The first-order valence-electron chi connectivity index (χ1n) is 6.95. The van der Waals surface area contributed by atoms with Crippen molar-refractivity contribution < 1.29 is 14.3 Å². The fourth-order valence-corrected chi connectivity index (χ4v) is 2.22. The van der Waals surface area contributed by atoms with Crippen LogP contribution in [0.2, 0.25) is 0 Å². The summed E-state index contributed by atoms with van der Waals surface area (Å²) < 4.78 is 10.5. The third kappa shape index (κ3) is 3.19. The van der Waals surface area contributed by atoms with Crippen LogP contribution in [0.4, 0.5) is 11.5 Å². The Morgan fingerprint density at radius 1 is 1.45 bits per heavy atom. The zero-order valence-electron chi connectivity index (χ0n) is 11.9. The van der Waals surface area contributed by atoms with Crippen LogP contribution in [0, 0.1) is 0 Å². The van der Waals surface area contributed by atoms with E-state index in [0.29, 0.717) is 35.8 Å². The van der Waals surface area contributed by atoms with Crippen LogP contribution in [-0.4, -0.2) is 36.3 Å². The van der Waals surface area contributed by atoms with E-state index in [1.165, 1.54) is 0 Å². The van der Waals surface area contributed by atoms with Crippen molar-refractivity contribution in [3.63, 3.8) is 0 Å². The second-order valence-electron chi connectivity index (χ2n) is 4.73. The molecule has 1 aromatic heterocycles. The molecular weight excluding hydrogens is 258 g/mol.